The topological polar surface area (TPSA) is 64.4 Å². The lowest BCUT2D eigenvalue weighted by atomic mass is 10.1. The van der Waals surface area contributed by atoms with E-state index in [4.69, 9.17) is 10.5 Å². The Morgan fingerprint density at radius 2 is 2.19 bits per heavy atom. The molecule has 0 bridgehead atoms. The number of hydrogen-bond acceptors (Lipinski definition) is 3. The number of amides is 1. The van der Waals surface area contributed by atoms with Gasteiger partial charge in [-0.1, -0.05) is 24.0 Å². The number of carbonyl (C=O) groups excluding carboxylic acids is 1. The van der Waals surface area contributed by atoms with Crippen molar-refractivity contribution in [1.82, 2.24) is 5.32 Å². The van der Waals surface area contributed by atoms with Gasteiger partial charge in [-0.05, 0) is 37.3 Å². The van der Waals surface area contributed by atoms with Crippen LogP contribution in [0.2, 0.25) is 0 Å². The monoisotopic (exact) mass is 286 g/mol. The van der Waals surface area contributed by atoms with E-state index in [1.54, 1.807) is 6.07 Å². The molecule has 0 aromatic heterocycles. The minimum atomic E-state index is -0.0980. The molecular weight excluding hydrogens is 264 g/mol. The fraction of sp³-hybridized carbons (Fsp3) is 0.471. The highest BCUT2D eigenvalue weighted by Crippen LogP contribution is 2.28. The Hall–Kier alpha value is -1.83. The van der Waals surface area contributed by atoms with Crippen LogP contribution in [0.4, 0.5) is 0 Å². The molecule has 1 amide bonds. The standard InChI is InChI=1S/C17H22N2O2/c18-10-3-6-15-5-1-2-7-16(15)17(20)19-11-4-12-21-13-14-8-9-14/h1-2,5,7,14H,4,8-13,18H2,(H,19,20). The molecule has 4 heteroatoms. The molecule has 0 spiro atoms. The van der Waals surface area contributed by atoms with E-state index in [1.807, 2.05) is 18.2 Å². The molecule has 1 aliphatic carbocycles. The fourth-order valence-corrected chi connectivity index (χ4v) is 1.94. The van der Waals surface area contributed by atoms with Crippen LogP contribution in [0, 0.1) is 17.8 Å². The van der Waals surface area contributed by atoms with Crippen molar-refractivity contribution in [2.24, 2.45) is 11.7 Å². The van der Waals surface area contributed by atoms with Crippen molar-refractivity contribution < 1.29 is 9.53 Å². The number of nitrogens with two attached hydrogens (primary N) is 1. The normalized spacial score (nSPS) is 13.4. The third-order valence-electron chi connectivity index (χ3n) is 3.30. The Labute approximate surface area is 126 Å². The minimum absolute atomic E-state index is 0.0980. The molecule has 0 saturated heterocycles. The fourth-order valence-electron chi connectivity index (χ4n) is 1.94. The molecule has 0 aliphatic heterocycles. The average Bonchev–Trinajstić information content (AvgIpc) is 3.33. The molecule has 2 rings (SSSR count). The van der Waals surface area contributed by atoms with E-state index in [2.05, 4.69) is 17.2 Å². The van der Waals surface area contributed by atoms with Gasteiger partial charge < -0.3 is 15.8 Å². The molecule has 4 nitrogen and oxygen atoms in total. The largest absolute Gasteiger partial charge is 0.381 e. The summed E-state index contributed by atoms with van der Waals surface area (Å²) in [6, 6.07) is 7.31. The Balaban J connectivity index is 1.74. The third kappa shape index (κ3) is 5.58. The van der Waals surface area contributed by atoms with Crippen LogP contribution in [0.1, 0.15) is 35.2 Å². The summed E-state index contributed by atoms with van der Waals surface area (Å²) in [4.78, 5) is 12.1. The lowest BCUT2D eigenvalue weighted by Crippen LogP contribution is -2.26. The molecule has 0 radical (unpaired) electrons. The Morgan fingerprint density at radius 1 is 1.38 bits per heavy atom. The van der Waals surface area contributed by atoms with Crippen molar-refractivity contribution in [2.45, 2.75) is 19.3 Å². The van der Waals surface area contributed by atoms with E-state index in [-0.39, 0.29) is 12.5 Å². The summed E-state index contributed by atoms with van der Waals surface area (Å²) in [5.74, 6) is 6.39. The number of nitrogens with one attached hydrogen (secondary N) is 1. The van der Waals surface area contributed by atoms with Crippen LogP contribution < -0.4 is 11.1 Å². The summed E-state index contributed by atoms with van der Waals surface area (Å²) in [5.41, 5.74) is 6.67. The van der Waals surface area contributed by atoms with E-state index in [0.29, 0.717) is 24.3 Å². The van der Waals surface area contributed by atoms with Gasteiger partial charge >= 0.3 is 0 Å². The molecule has 1 saturated carbocycles. The van der Waals surface area contributed by atoms with Crippen LogP contribution in [-0.2, 0) is 4.74 Å². The second kappa shape index (κ2) is 8.46. The first-order valence-corrected chi connectivity index (χ1v) is 7.45. The molecular formula is C17H22N2O2. The summed E-state index contributed by atoms with van der Waals surface area (Å²) in [6.45, 7) is 2.47. The Kier molecular flexibility index (Phi) is 6.26. The summed E-state index contributed by atoms with van der Waals surface area (Å²) < 4.78 is 5.53. The van der Waals surface area contributed by atoms with Gasteiger partial charge in [0.2, 0.25) is 0 Å². The van der Waals surface area contributed by atoms with Crippen molar-refractivity contribution in [3.8, 4) is 11.8 Å². The van der Waals surface area contributed by atoms with E-state index in [0.717, 1.165) is 18.9 Å². The Morgan fingerprint density at radius 3 is 2.95 bits per heavy atom. The Bertz CT molecular complexity index is 527. The van der Waals surface area contributed by atoms with E-state index >= 15 is 0 Å². The van der Waals surface area contributed by atoms with Gasteiger partial charge in [0.15, 0.2) is 0 Å². The molecule has 0 atom stereocenters. The smallest absolute Gasteiger partial charge is 0.252 e. The number of ether oxygens (including phenoxy) is 1. The van der Waals surface area contributed by atoms with Gasteiger partial charge in [-0.25, -0.2) is 0 Å². The maximum atomic E-state index is 12.1. The summed E-state index contributed by atoms with van der Waals surface area (Å²) in [5, 5.41) is 2.90. The molecule has 0 heterocycles. The summed E-state index contributed by atoms with van der Waals surface area (Å²) in [6.07, 6.45) is 3.43. The van der Waals surface area contributed by atoms with Crippen molar-refractivity contribution in [3.05, 3.63) is 35.4 Å². The van der Waals surface area contributed by atoms with Crippen molar-refractivity contribution in [1.29, 1.82) is 0 Å². The van der Waals surface area contributed by atoms with Gasteiger partial charge in [-0.15, -0.1) is 0 Å². The van der Waals surface area contributed by atoms with Crippen LogP contribution in [-0.4, -0.2) is 32.2 Å². The van der Waals surface area contributed by atoms with Crippen LogP contribution in [0.3, 0.4) is 0 Å². The number of carbonyl (C=O) groups is 1. The summed E-state index contributed by atoms with van der Waals surface area (Å²) >= 11 is 0. The van der Waals surface area contributed by atoms with Crippen LogP contribution in [0.25, 0.3) is 0 Å². The van der Waals surface area contributed by atoms with E-state index in [9.17, 15) is 4.79 Å². The van der Waals surface area contributed by atoms with E-state index < -0.39 is 0 Å². The first kappa shape index (κ1) is 15.6. The van der Waals surface area contributed by atoms with Crippen LogP contribution in [0.15, 0.2) is 24.3 Å². The first-order valence-electron chi connectivity index (χ1n) is 7.45. The van der Waals surface area contributed by atoms with Gasteiger partial charge in [0, 0.05) is 25.3 Å². The van der Waals surface area contributed by atoms with Gasteiger partial charge in [0.1, 0.15) is 0 Å². The number of benzene rings is 1. The van der Waals surface area contributed by atoms with Crippen molar-refractivity contribution in [3.63, 3.8) is 0 Å². The zero-order valence-corrected chi connectivity index (χ0v) is 12.2. The second-order valence-corrected chi connectivity index (χ2v) is 5.18. The molecule has 1 aliphatic rings. The zero-order valence-electron chi connectivity index (χ0n) is 12.2. The predicted octanol–water partition coefficient (Wildman–Crippen LogP) is 1.54. The van der Waals surface area contributed by atoms with Crippen LogP contribution in [0.5, 0.6) is 0 Å². The summed E-state index contributed by atoms with van der Waals surface area (Å²) in [7, 11) is 0. The molecule has 3 N–H and O–H groups in total. The molecule has 0 unspecified atom stereocenters. The first-order chi connectivity index (χ1) is 10.3. The lowest BCUT2D eigenvalue weighted by Gasteiger charge is -2.07. The molecule has 21 heavy (non-hydrogen) atoms. The zero-order chi connectivity index (χ0) is 14.9. The van der Waals surface area contributed by atoms with Gasteiger partial charge in [0.25, 0.3) is 5.91 Å². The molecule has 1 fully saturated rings. The van der Waals surface area contributed by atoms with Crippen LogP contribution >= 0.6 is 0 Å². The highest BCUT2D eigenvalue weighted by atomic mass is 16.5. The van der Waals surface area contributed by atoms with Gasteiger partial charge in [-0.3, -0.25) is 4.79 Å². The quantitative estimate of drug-likeness (QED) is 0.590. The second-order valence-electron chi connectivity index (χ2n) is 5.18. The van der Waals surface area contributed by atoms with Gasteiger partial charge in [0.05, 0.1) is 12.1 Å². The maximum absolute atomic E-state index is 12.1. The third-order valence-corrected chi connectivity index (χ3v) is 3.30. The lowest BCUT2D eigenvalue weighted by molar-refractivity contribution is 0.0937. The van der Waals surface area contributed by atoms with Crippen molar-refractivity contribution >= 4 is 5.91 Å². The SMILES string of the molecule is NCC#Cc1ccccc1C(=O)NCCCOCC1CC1. The molecule has 1 aromatic carbocycles. The molecule has 1 aromatic rings. The average molecular weight is 286 g/mol. The van der Waals surface area contributed by atoms with Gasteiger partial charge in [-0.2, -0.15) is 0 Å². The maximum Gasteiger partial charge on any atom is 0.252 e. The predicted molar refractivity (Wildman–Crippen MR) is 82.9 cm³/mol. The highest BCUT2D eigenvalue weighted by Gasteiger charge is 2.20. The number of hydrogen-bond donors (Lipinski definition) is 2. The number of rotatable bonds is 7. The minimum Gasteiger partial charge on any atom is -0.381 e. The molecule has 112 valence electrons. The van der Waals surface area contributed by atoms with Crippen molar-refractivity contribution in [2.75, 3.05) is 26.3 Å². The van der Waals surface area contributed by atoms with E-state index in [1.165, 1.54) is 12.8 Å². The highest BCUT2D eigenvalue weighted by molar-refractivity contribution is 5.96.